The van der Waals surface area contributed by atoms with Crippen molar-refractivity contribution in [1.29, 1.82) is 0 Å². The Bertz CT molecular complexity index is 670. The van der Waals surface area contributed by atoms with E-state index in [-0.39, 0.29) is 11.8 Å². The van der Waals surface area contributed by atoms with Gasteiger partial charge in [0, 0.05) is 19.0 Å². The van der Waals surface area contributed by atoms with E-state index < -0.39 is 6.10 Å². The number of hydrogen-bond donors (Lipinski definition) is 2. The quantitative estimate of drug-likeness (QED) is 0.731. The first-order valence-corrected chi connectivity index (χ1v) is 8.17. The van der Waals surface area contributed by atoms with Crippen LogP contribution in [0.4, 0.5) is 0 Å². The van der Waals surface area contributed by atoms with Crippen LogP contribution in [0.5, 0.6) is 5.75 Å². The molecule has 4 heteroatoms. The monoisotopic (exact) mass is 327 g/mol. The zero-order chi connectivity index (χ0) is 17.5. The van der Waals surface area contributed by atoms with Crippen LogP contribution in [0.1, 0.15) is 40.9 Å². The van der Waals surface area contributed by atoms with Crippen LogP contribution >= 0.6 is 0 Å². The van der Waals surface area contributed by atoms with Gasteiger partial charge in [0.1, 0.15) is 5.75 Å². The molecule has 128 valence electrons. The second-order valence-corrected chi connectivity index (χ2v) is 5.98. The van der Waals surface area contributed by atoms with Crippen molar-refractivity contribution in [2.75, 3.05) is 13.7 Å². The molecule has 2 rings (SSSR count). The molecule has 0 heterocycles. The van der Waals surface area contributed by atoms with Gasteiger partial charge in [-0.05, 0) is 31.5 Å². The van der Waals surface area contributed by atoms with Gasteiger partial charge in [0.2, 0.25) is 0 Å². The predicted octanol–water partition coefficient (Wildman–Crippen LogP) is 3.29. The summed E-state index contributed by atoms with van der Waals surface area (Å²) >= 11 is 0. The van der Waals surface area contributed by atoms with Crippen molar-refractivity contribution >= 4 is 5.78 Å². The second-order valence-electron chi connectivity index (χ2n) is 5.98. The highest BCUT2D eigenvalue weighted by Gasteiger charge is 2.17. The third kappa shape index (κ3) is 4.66. The molecule has 0 bridgehead atoms. The van der Waals surface area contributed by atoms with E-state index >= 15 is 0 Å². The largest absolute Gasteiger partial charge is 0.496 e. The molecule has 0 saturated heterocycles. The summed E-state index contributed by atoms with van der Waals surface area (Å²) in [6.07, 6.45) is -0.249. The number of rotatable bonds is 8. The molecule has 24 heavy (non-hydrogen) atoms. The third-order valence-electron chi connectivity index (χ3n) is 4.09. The number of methoxy groups -OCH3 is 1. The number of hydrogen-bond acceptors (Lipinski definition) is 4. The smallest absolute Gasteiger partial charge is 0.167 e. The number of aliphatic hydroxyl groups is 1. The third-order valence-corrected chi connectivity index (χ3v) is 4.09. The van der Waals surface area contributed by atoms with E-state index in [0.717, 1.165) is 11.1 Å². The highest BCUT2D eigenvalue weighted by Crippen LogP contribution is 2.21. The fraction of sp³-hybridized carbons (Fsp3) is 0.350. The molecule has 0 aliphatic carbocycles. The Morgan fingerprint density at radius 3 is 2.58 bits per heavy atom. The van der Waals surface area contributed by atoms with Crippen molar-refractivity contribution in [3.63, 3.8) is 0 Å². The minimum absolute atomic E-state index is 0.0319. The number of aryl methyl sites for hydroxylation is 1. The van der Waals surface area contributed by atoms with Crippen LogP contribution in [0.15, 0.2) is 48.5 Å². The first-order chi connectivity index (χ1) is 11.5. The molecule has 0 aromatic heterocycles. The molecule has 2 unspecified atom stereocenters. The van der Waals surface area contributed by atoms with Gasteiger partial charge in [-0.1, -0.05) is 42.0 Å². The standard InChI is InChI=1S/C20H25NO3/c1-14-9-10-19(24-3)17(13-14)18(22)11-12-21-15(2)20(23)16-7-5-4-6-8-16/h4-10,13,15,20-21,23H,11-12H2,1-3H3. The molecule has 2 aromatic rings. The Labute approximate surface area is 143 Å². The molecule has 0 spiro atoms. The first kappa shape index (κ1) is 18.2. The Morgan fingerprint density at radius 2 is 1.92 bits per heavy atom. The summed E-state index contributed by atoms with van der Waals surface area (Å²) in [6, 6.07) is 15.0. The van der Waals surface area contributed by atoms with E-state index in [4.69, 9.17) is 4.74 Å². The Kier molecular flexibility index (Phi) is 6.53. The number of benzene rings is 2. The number of Topliss-reactive ketones (excluding diaryl/α,β-unsaturated/α-hetero) is 1. The first-order valence-electron chi connectivity index (χ1n) is 8.17. The molecule has 2 N–H and O–H groups in total. The van der Waals surface area contributed by atoms with Crippen LogP contribution in [0.2, 0.25) is 0 Å². The van der Waals surface area contributed by atoms with Gasteiger partial charge < -0.3 is 15.2 Å². The number of carbonyl (C=O) groups is 1. The average Bonchev–Trinajstić information content (AvgIpc) is 2.61. The molecule has 0 aliphatic rings. The molecule has 2 aromatic carbocycles. The maximum atomic E-state index is 12.4. The van der Waals surface area contributed by atoms with Gasteiger partial charge in [-0.15, -0.1) is 0 Å². The molecular weight excluding hydrogens is 302 g/mol. The highest BCUT2D eigenvalue weighted by atomic mass is 16.5. The maximum Gasteiger partial charge on any atom is 0.167 e. The van der Waals surface area contributed by atoms with Crippen LogP contribution in [0, 0.1) is 6.92 Å². The number of aliphatic hydroxyl groups excluding tert-OH is 1. The Hall–Kier alpha value is -2.17. The minimum Gasteiger partial charge on any atom is -0.496 e. The number of ether oxygens (including phenoxy) is 1. The lowest BCUT2D eigenvalue weighted by atomic mass is 10.0. The van der Waals surface area contributed by atoms with Crippen molar-refractivity contribution < 1.29 is 14.6 Å². The number of carbonyl (C=O) groups excluding carboxylic acids is 1. The van der Waals surface area contributed by atoms with E-state index in [1.807, 2.05) is 62.4 Å². The minimum atomic E-state index is -0.602. The summed E-state index contributed by atoms with van der Waals surface area (Å²) in [4.78, 5) is 12.4. The summed E-state index contributed by atoms with van der Waals surface area (Å²) in [5, 5.41) is 13.5. The molecule has 0 aliphatic heterocycles. The van der Waals surface area contributed by atoms with E-state index in [1.54, 1.807) is 7.11 Å². The van der Waals surface area contributed by atoms with Crippen LogP contribution in [-0.4, -0.2) is 30.6 Å². The Morgan fingerprint density at radius 1 is 1.21 bits per heavy atom. The van der Waals surface area contributed by atoms with Crippen molar-refractivity contribution in [3.8, 4) is 5.75 Å². The van der Waals surface area contributed by atoms with Crippen molar-refractivity contribution in [3.05, 3.63) is 65.2 Å². The molecule has 0 saturated carbocycles. The lowest BCUT2D eigenvalue weighted by Gasteiger charge is -2.20. The van der Waals surface area contributed by atoms with Crippen LogP contribution in [0.3, 0.4) is 0 Å². The fourth-order valence-electron chi connectivity index (χ4n) is 2.64. The average molecular weight is 327 g/mol. The summed E-state index contributed by atoms with van der Waals surface area (Å²) in [5.41, 5.74) is 2.50. The molecule has 0 fully saturated rings. The summed E-state index contributed by atoms with van der Waals surface area (Å²) in [5.74, 6) is 0.632. The Balaban J connectivity index is 1.90. The zero-order valence-electron chi connectivity index (χ0n) is 14.5. The van der Waals surface area contributed by atoms with Crippen molar-refractivity contribution in [1.82, 2.24) is 5.32 Å². The molecule has 4 nitrogen and oxygen atoms in total. The summed E-state index contributed by atoms with van der Waals surface area (Å²) in [7, 11) is 1.57. The molecule has 0 amide bonds. The molecule has 0 radical (unpaired) electrons. The summed E-state index contributed by atoms with van der Waals surface area (Å²) in [6.45, 7) is 4.36. The van der Waals surface area contributed by atoms with E-state index in [1.165, 1.54) is 0 Å². The molecule has 2 atom stereocenters. The second kappa shape index (κ2) is 8.62. The molecular formula is C20H25NO3. The van der Waals surface area contributed by atoms with Crippen molar-refractivity contribution in [2.24, 2.45) is 0 Å². The summed E-state index contributed by atoms with van der Waals surface area (Å²) < 4.78 is 5.26. The number of nitrogens with one attached hydrogen (secondary N) is 1. The van der Waals surface area contributed by atoms with Gasteiger partial charge in [-0.3, -0.25) is 4.79 Å². The van der Waals surface area contributed by atoms with Gasteiger partial charge in [0.05, 0.1) is 18.8 Å². The lowest BCUT2D eigenvalue weighted by Crippen LogP contribution is -2.33. The highest BCUT2D eigenvalue weighted by molar-refractivity contribution is 5.99. The van der Waals surface area contributed by atoms with Gasteiger partial charge in [-0.2, -0.15) is 0 Å². The maximum absolute atomic E-state index is 12.4. The van der Waals surface area contributed by atoms with Crippen LogP contribution in [-0.2, 0) is 0 Å². The predicted molar refractivity (Wildman–Crippen MR) is 95.5 cm³/mol. The normalized spacial score (nSPS) is 13.3. The number of ketones is 1. The zero-order valence-corrected chi connectivity index (χ0v) is 14.5. The SMILES string of the molecule is COc1ccc(C)cc1C(=O)CCNC(C)C(O)c1ccccc1. The van der Waals surface area contributed by atoms with Gasteiger partial charge in [0.25, 0.3) is 0 Å². The van der Waals surface area contributed by atoms with Gasteiger partial charge in [-0.25, -0.2) is 0 Å². The van der Waals surface area contributed by atoms with Gasteiger partial charge in [0.15, 0.2) is 5.78 Å². The van der Waals surface area contributed by atoms with Crippen LogP contribution < -0.4 is 10.1 Å². The van der Waals surface area contributed by atoms with E-state index in [2.05, 4.69) is 5.32 Å². The fourth-order valence-corrected chi connectivity index (χ4v) is 2.64. The van der Waals surface area contributed by atoms with E-state index in [0.29, 0.717) is 24.3 Å². The lowest BCUT2D eigenvalue weighted by molar-refractivity contribution is 0.0969. The van der Waals surface area contributed by atoms with Crippen molar-refractivity contribution in [2.45, 2.75) is 32.4 Å². The van der Waals surface area contributed by atoms with E-state index in [9.17, 15) is 9.90 Å². The van der Waals surface area contributed by atoms with Crippen LogP contribution in [0.25, 0.3) is 0 Å². The topological polar surface area (TPSA) is 58.6 Å². The van der Waals surface area contributed by atoms with Gasteiger partial charge >= 0.3 is 0 Å².